The lowest BCUT2D eigenvalue weighted by atomic mass is 10.1. The number of hydrogen-bond acceptors (Lipinski definition) is 6. The van der Waals surface area contributed by atoms with Crippen molar-refractivity contribution in [2.24, 2.45) is 0 Å². The van der Waals surface area contributed by atoms with Gasteiger partial charge in [-0.1, -0.05) is 12.1 Å². The average Bonchev–Trinajstić information content (AvgIpc) is 2.71. The fourth-order valence-corrected chi connectivity index (χ4v) is 4.60. The highest BCUT2D eigenvalue weighted by atomic mass is 32.2. The maximum absolute atomic E-state index is 12.7. The lowest BCUT2D eigenvalue weighted by Crippen LogP contribution is -2.38. The van der Waals surface area contributed by atoms with E-state index in [-0.39, 0.29) is 33.8 Å². The molecule has 0 saturated carbocycles. The average molecular weight is 497 g/mol. The summed E-state index contributed by atoms with van der Waals surface area (Å²) < 4.78 is 51.1. The second-order valence-corrected chi connectivity index (χ2v) is 11.8. The summed E-state index contributed by atoms with van der Waals surface area (Å²) in [5, 5.41) is 5.32. The molecule has 0 fully saturated rings. The third-order valence-corrected chi connectivity index (χ3v) is 7.43. The van der Waals surface area contributed by atoms with Crippen LogP contribution in [0.3, 0.4) is 0 Å². The van der Waals surface area contributed by atoms with Crippen molar-refractivity contribution in [2.45, 2.75) is 24.8 Å². The monoisotopic (exact) mass is 496 g/mol. The number of nitrogens with zero attached hydrogens (tertiary/aromatic N) is 2. The molecular weight excluding hydrogens is 468 g/mol. The van der Waals surface area contributed by atoms with Crippen LogP contribution in [0.25, 0.3) is 0 Å². The van der Waals surface area contributed by atoms with Gasteiger partial charge in [-0.15, -0.1) is 0 Å². The molecule has 2 aromatic carbocycles. The van der Waals surface area contributed by atoms with E-state index in [1.54, 1.807) is 38.1 Å². The smallest absolute Gasteiger partial charge is 0.253 e. The Balaban J connectivity index is 2.28. The summed E-state index contributed by atoms with van der Waals surface area (Å²) in [4.78, 5) is 25.1. The first-order chi connectivity index (χ1) is 15.2. The molecule has 2 aromatic rings. The van der Waals surface area contributed by atoms with Crippen molar-refractivity contribution >= 4 is 43.2 Å². The van der Waals surface area contributed by atoms with Crippen molar-refractivity contribution in [3.05, 3.63) is 54.1 Å². The van der Waals surface area contributed by atoms with Gasteiger partial charge in [0, 0.05) is 20.1 Å². The number of para-hydroxylation sites is 1. The highest BCUT2D eigenvalue weighted by Crippen LogP contribution is 2.22. The number of amides is 2. The topological polar surface area (TPSA) is 133 Å². The molecule has 0 aromatic heterocycles. The van der Waals surface area contributed by atoms with Gasteiger partial charge in [0.1, 0.15) is 6.54 Å². The van der Waals surface area contributed by atoms with E-state index >= 15 is 0 Å². The van der Waals surface area contributed by atoms with Gasteiger partial charge in [0.05, 0.1) is 28.1 Å². The molecule has 0 heterocycles. The molecule has 180 valence electrons. The normalized spacial score (nSPS) is 12.0. The van der Waals surface area contributed by atoms with Crippen LogP contribution in [-0.2, 0) is 24.8 Å². The first-order valence-corrected chi connectivity index (χ1v) is 13.2. The number of sulfonamides is 2. The van der Waals surface area contributed by atoms with Crippen LogP contribution in [-0.4, -0.2) is 65.9 Å². The van der Waals surface area contributed by atoms with Gasteiger partial charge in [-0.3, -0.25) is 13.9 Å². The van der Waals surface area contributed by atoms with E-state index in [2.05, 4.69) is 10.6 Å². The first-order valence-electron chi connectivity index (χ1n) is 9.93. The van der Waals surface area contributed by atoms with E-state index in [0.717, 1.165) is 14.9 Å². The third kappa shape index (κ3) is 6.76. The van der Waals surface area contributed by atoms with Crippen LogP contribution in [0.5, 0.6) is 0 Å². The quantitative estimate of drug-likeness (QED) is 0.540. The van der Waals surface area contributed by atoms with Gasteiger partial charge < -0.3 is 10.6 Å². The summed E-state index contributed by atoms with van der Waals surface area (Å²) in [6.07, 6.45) is 0.939. The van der Waals surface area contributed by atoms with Crippen LogP contribution in [0.1, 0.15) is 24.2 Å². The minimum absolute atomic E-state index is 0.0146. The van der Waals surface area contributed by atoms with E-state index in [1.165, 1.54) is 38.4 Å². The number of anilines is 2. The molecule has 12 heteroatoms. The van der Waals surface area contributed by atoms with Crippen LogP contribution in [0.4, 0.5) is 11.4 Å². The maximum atomic E-state index is 12.7. The number of nitrogens with one attached hydrogen (secondary N) is 2. The zero-order valence-corrected chi connectivity index (χ0v) is 20.7. The molecule has 10 nitrogen and oxygen atoms in total. The SMILES string of the molecule is CC(C)NC(=O)c1ccccc1NC(=O)CN(c1ccc(S(=O)(=O)N(C)C)cc1)S(C)(=O)=O. The molecule has 0 unspecified atom stereocenters. The number of benzene rings is 2. The Morgan fingerprint density at radius 2 is 1.52 bits per heavy atom. The van der Waals surface area contributed by atoms with E-state index in [1.807, 2.05) is 0 Å². The highest BCUT2D eigenvalue weighted by molar-refractivity contribution is 7.92. The van der Waals surface area contributed by atoms with Gasteiger partial charge in [-0.05, 0) is 50.2 Å². The molecule has 0 bridgehead atoms. The lowest BCUT2D eigenvalue weighted by molar-refractivity contribution is -0.114. The van der Waals surface area contributed by atoms with Crippen molar-refractivity contribution in [1.82, 2.24) is 9.62 Å². The van der Waals surface area contributed by atoms with Gasteiger partial charge in [0.25, 0.3) is 5.91 Å². The Kier molecular flexibility index (Phi) is 8.22. The summed E-state index contributed by atoms with van der Waals surface area (Å²) in [6, 6.07) is 11.4. The van der Waals surface area contributed by atoms with E-state index in [4.69, 9.17) is 0 Å². The Labute approximate surface area is 194 Å². The van der Waals surface area contributed by atoms with Crippen molar-refractivity contribution in [3.8, 4) is 0 Å². The molecule has 2 amide bonds. The number of rotatable bonds is 9. The molecule has 0 saturated heterocycles. The Hall–Kier alpha value is -2.96. The minimum atomic E-state index is -3.88. The Bertz CT molecular complexity index is 1220. The maximum Gasteiger partial charge on any atom is 0.253 e. The summed E-state index contributed by atoms with van der Waals surface area (Å²) in [5.74, 6) is -1.05. The number of carbonyl (C=O) groups excluding carboxylic acids is 2. The fourth-order valence-electron chi connectivity index (χ4n) is 2.85. The predicted octanol–water partition coefficient (Wildman–Crippen LogP) is 1.48. The summed E-state index contributed by atoms with van der Waals surface area (Å²) in [6.45, 7) is 3.04. The van der Waals surface area contributed by atoms with Gasteiger partial charge >= 0.3 is 0 Å². The predicted molar refractivity (Wildman–Crippen MR) is 127 cm³/mol. The zero-order chi connectivity index (χ0) is 25.0. The largest absolute Gasteiger partial charge is 0.350 e. The Morgan fingerprint density at radius 1 is 0.939 bits per heavy atom. The molecule has 0 atom stereocenters. The van der Waals surface area contributed by atoms with E-state index < -0.39 is 32.5 Å². The van der Waals surface area contributed by atoms with Gasteiger partial charge in [0.2, 0.25) is 26.0 Å². The van der Waals surface area contributed by atoms with E-state index in [9.17, 15) is 26.4 Å². The second-order valence-electron chi connectivity index (χ2n) is 7.77. The molecule has 0 aliphatic heterocycles. The van der Waals surface area contributed by atoms with Crippen molar-refractivity contribution < 1.29 is 26.4 Å². The third-order valence-electron chi connectivity index (χ3n) is 4.46. The van der Waals surface area contributed by atoms with Crippen LogP contribution >= 0.6 is 0 Å². The summed E-state index contributed by atoms with van der Waals surface area (Å²) in [5.41, 5.74) is 0.599. The molecular formula is C21H28N4O6S2. The van der Waals surface area contributed by atoms with Gasteiger partial charge in [-0.2, -0.15) is 0 Å². The van der Waals surface area contributed by atoms with Crippen LogP contribution in [0, 0.1) is 0 Å². The first kappa shape index (κ1) is 26.3. The summed E-state index contributed by atoms with van der Waals surface area (Å²) >= 11 is 0. The Morgan fingerprint density at radius 3 is 2.03 bits per heavy atom. The minimum Gasteiger partial charge on any atom is -0.350 e. The second kappa shape index (κ2) is 10.3. The molecule has 0 aliphatic rings. The van der Waals surface area contributed by atoms with Gasteiger partial charge in [0.15, 0.2) is 0 Å². The van der Waals surface area contributed by atoms with E-state index in [0.29, 0.717) is 0 Å². The van der Waals surface area contributed by atoms with Crippen LogP contribution < -0.4 is 14.9 Å². The standard InChI is InChI=1S/C21H28N4O6S2/c1-15(2)22-21(27)18-8-6-7-9-19(18)23-20(26)14-25(32(5,28)29)16-10-12-17(13-11-16)33(30,31)24(3)4/h6-13,15H,14H2,1-5H3,(H,22,27)(H,23,26). The summed E-state index contributed by atoms with van der Waals surface area (Å²) in [7, 11) is -4.80. The van der Waals surface area contributed by atoms with Crippen molar-refractivity contribution in [1.29, 1.82) is 0 Å². The van der Waals surface area contributed by atoms with Gasteiger partial charge in [-0.25, -0.2) is 21.1 Å². The van der Waals surface area contributed by atoms with Crippen LogP contribution in [0.15, 0.2) is 53.4 Å². The zero-order valence-electron chi connectivity index (χ0n) is 19.1. The molecule has 0 radical (unpaired) electrons. The highest BCUT2D eigenvalue weighted by Gasteiger charge is 2.24. The fraction of sp³-hybridized carbons (Fsp3) is 0.333. The van der Waals surface area contributed by atoms with Crippen LogP contribution in [0.2, 0.25) is 0 Å². The molecule has 2 N–H and O–H groups in total. The number of hydrogen-bond donors (Lipinski definition) is 2. The van der Waals surface area contributed by atoms with Crippen molar-refractivity contribution in [3.63, 3.8) is 0 Å². The molecule has 33 heavy (non-hydrogen) atoms. The molecule has 0 spiro atoms. The lowest BCUT2D eigenvalue weighted by Gasteiger charge is -2.22. The molecule has 2 rings (SSSR count). The molecule has 0 aliphatic carbocycles. The van der Waals surface area contributed by atoms with Crippen molar-refractivity contribution in [2.75, 3.05) is 36.5 Å². The number of carbonyl (C=O) groups is 2.